The first kappa shape index (κ1) is 17.7. The number of amides is 1. The summed E-state index contributed by atoms with van der Waals surface area (Å²) in [5.41, 5.74) is 5.64. The summed E-state index contributed by atoms with van der Waals surface area (Å²) in [6.07, 6.45) is 4.12. The van der Waals surface area contributed by atoms with Gasteiger partial charge in [-0.1, -0.05) is 17.7 Å². The van der Waals surface area contributed by atoms with Gasteiger partial charge < -0.3 is 10.6 Å². The van der Waals surface area contributed by atoms with E-state index in [1.807, 2.05) is 12.1 Å². The van der Waals surface area contributed by atoms with E-state index in [0.717, 1.165) is 28.2 Å². The number of nitrogens with one attached hydrogen (secondary N) is 2. The molecule has 27 heavy (non-hydrogen) atoms. The number of rotatable bonds is 4. The second-order valence-corrected chi connectivity index (χ2v) is 7.40. The Morgan fingerprint density at radius 2 is 1.96 bits per heavy atom. The Bertz CT molecular complexity index is 1020. The van der Waals surface area contributed by atoms with Crippen molar-refractivity contribution < 1.29 is 4.79 Å². The Labute approximate surface area is 163 Å². The summed E-state index contributed by atoms with van der Waals surface area (Å²) in [4.78, 5) is 21.0. The molecule has 4 rings (SSSR count). The molecule has 1 aliphatic rings. The SMILES string of the molecule is Cc1ccc(Cl)c2c1C(CCNC(=O)c1ccc3nccnc3c1)C(C)N2. The number of halogens is 1. The van der Waals surface area contributed by atoms with Gasteiger partial charge in [-0.3, -0.25) is 14.8 Å². The molecule has 5 nitrogen and oxygen atoms in total. The molecule has 138 valence electrons. The van der Waals surface area contributed by atoms with Crippen LogP contribution in [0.25, 0.3) is 11.0 Å². The fourth-order valence-electron chi connectivity index (χ4n) is 3.84. The lowest BCUT2D eigenvalue weighted by atomic mass is 9.89. The second kappa shape index (κ2) is 7.16. The zero-order valence-corrected chi connectivity index (χ0v) is 16.0. The monoisotopic (exact) mass is 380 g/mol. The Hall–Kier alpha value is -2.66. The van der Waals surface area contributed by atoms with E-state index in [0.29, 0.717) is 18.0 Å². The van der Waals surface area contributed by atoms with Crippen LogP contribution in [0.3, 0.4) is 0 Å². The minimum absolute atomic E-state index is 0.0933. The van der Waals surface area contributed by atoms with Crippen LogP contribution in [0.4, 0.5) is 5.69 Å². The number of anilines is 1. The number of carbonyl (C=O) groups is 1. The second-order valence-electron chi connectivity index (χ2n) is 7.00. The van der Waals surface area contributed by atoms with E-state index in [9.17, 15) is 4.79 Å². The highest BCUT2D eigenvalue weighted by atomic mass is 35.5. The normalized spacial score (nSPS) is 18.2. The van der Waals surface area contributed by atoms with E-state index in [4.69, 9.17) is 11.6 Å². The van der Waals surface area contributed by atoms with Crippen LogP contribution in [0.2, 0.25) is 5.02 Å². The largest absolute Gasteiger partial charge is 0.381 e. The Kier molecular flexibility index (Phi) is 4.70. The summed E-state index contributed by atoms with van der Waals surface area (Å²) in [5.74, 6) is 0.227. The molecule has 0 saturated carbocycles. The summed E-state index contributed by atoms with van der Waals surface area (Å²) in [6, 6.07) is 9.65. The Morgan fingerprint density at radius 1 is 1.19 bits per heavy atom. The van der Waals surface area contributed by atoms with Crippen molar-refractivity contribution in [1.82, 2.24) is 15.3 Å². The maximum Gasteiger partial charge on any atom is 0.251 e. The predicted molar refractivity (Wildman–Crippen MR) is 109 cm³/mol. The first-order valence-corrected chi connectivity index (χ1v) is 9.47. The van der Waals surface area contributed by atoms with Gasteiger partial charge in [0.1, 0.15) is 0 Å². The molecule has 0 aliphatic carbocycles. The molecule has 6 heteroatoms. The number of aryl methyl sites for hydroxylation is 1. The average Bonchev–Trinajstić information content (AvgIpc) is 3.02. The van der Waals surface area contributed by atoms with Crippen LogP contribution in [0.15, 0.2) is 42.7 Å². The van der Waals surface area contributed by atoms with Crippen LogP contribution in [-0.4, -0.2) is 28.5 Å². The van der Waals surface area contributed by atoms with E-state index in [2.05, 4.69) is 40.5 Å². The van der Waals surface area contributed by atoms with Crippen molar-refractivity contribution in [3.63, 3.8) is 0 Å². The molecule has 2 N–H and O–H groups in total. The molecule has 0 saturated heterocycles. The highest BCUT2D eigenvalue weighted by Crippen LogP contribution is 2.43. The van der Waals surface area contributed by atoms with Gasteiger partial charge in [0.05, 0.1) is 21.7 Å². The predicted octanol–water partition coefficient (Wildman–Crippen LogP) is 4.31. The molecule has 0 fully saturated rings. The topological polar surface area (TPSA) is 66.9 Å². The first-order valence-electron chi connectivity index (χ1n) is 9.09. The quantitative estimate of drug-likeness (QED) is 0.707. The number of hydrogen-bond acceptors (Lipinski definition) is 4. The lowest BCUT2D eigenvalue weighted by molar-refractivity contribution is 0.0952. The van der Waals surface area contributed by atoms with Crippen molar-refractivity contribution in [3.8, 4) is 0 Å². The van der Waals surface area contributed by atoms with Crippen molar-refractivity contribution in [3.05, 3.63) is 64.4 Å². The van der Waals surface area contributed by atoms with Crippen LogP contribution >= 0.6 is 11.6 Å². The van der Waals surface area contributed by atoms with Crippen LogP contribution in [0.1, 0.15) is 40.7 Å². The van der Waals surface area contributed by atoms with Gasteiger partial charge in [0.2, 0.25) is 0 Å². The van der Waals surface area contributed by atoms with Gasteiger partial charge in [-0.2, -0.15) is 0 Å². The lowest BCUT2D eigenvalue weighted by Gasteiger charge is -2.18. The van der Waals surface area contributed by atoms with E-state index < -0.39 is 0 Å². The highest BCUT2D eigenvalue weighted by Gasteiger charge is 2.31. The van der Waals surface area contributed by atoms with Crippen LogP contribution in [-0.2, 0) is 0 Å². The molecule has 0 spiro atoms. The third-order valence-corrected chi connectivity index (χ3v) is 5.55. The van der Waals surface area contributed by atoms with Crippen molar-refractivity contribution in [2.75, 3.05) is 11.9 Å². The molecule has 1 aliphatic heterocycles. The van der Waals surface area contributed by atoms with Crippen LogP contribution in [0.5, 0.6) is 0 Å². The molecule has 2 atom stereocenters. The molecule has 0 bridgehead atoms. The van der Waals surface area contributed by atoms with E-state index >= 15 is 0 Å². The van der Waals surface area contributed by atoms with E-state index in [1.165, 1.54) is 11.1 Å². The summed E-state index contributed by atoms with van der Waals surface area (Å²) in [7, 11) is 0. The molecule has 1 aromatic heterocycles. The molecule has 0 radical (unpaired) electrons. The lowest BCUT2D eigenvalue weighted by Crippen LogP contribution is -2.27. The number of benzene rings is 2. The Morgan fingerprint density at radius 3 is 2.78 bits per heavy atom. The smallest absolute Gasteiger partial charge is 0.251 e. The van der Waals surface area contributed by atoms with Crippen LogP contribution in [0, 0.1) is 6.92 Å². The van der Waals surface area contributed by atoms with Gasteiger partial charge in [0.15, 0.2) is 0 Å². The van der Waals surface area contributed by atoms with E-state index in [1.54, 1.807) is 24.5 Å². The summed E-state index contributed by atoms with van der Waals surface area (Å²) < 4.78 is 0. The van der Waals surface area contributed by atoms with Gasteiger partial charge >= 0.3 is 0 Å². The standard InChI is InChI=1S/C21H21ClN4O/c1-12-3-5-16(22)20-19(12)15(13(2)26-20)7-8-25-21(27)14-4-6-17-18(11-14)24-10-9-23-17/h3-6,9-11,13,15,26H,7-8H2,1-2H3,(H,25,27). The summed E-state index contributed by atoms with van der Waals surface area (Å²) >= 11 is 6.34. The number of carbonyl (C=O) groups excluding carboxylic acids is 1. The molecule has 2 unspecified atom stereocenters. The van der Waals surface area contributed by atoms with Gasteiger partial charge in [-0.25, -0.2) is 0 Å². The van der Waals surface area contributed by atoms with Gasteiger partial charge in [0, 0.05) is 36.5 Å². The number of hydrogen-bond donors (Lipinski definition) is 2. The molecular weight excluding hydrogens is 360 g/mol. The maximum absolute atomic E-state index is 12.5. The zero-order valence-electron chi connectivity index (χ0n) is 15.3. The van der Waals surface area contributed by atoms with Crippen molar-refractivity contribution >= 4 is 34.2 Å². The van der Waals surface area contributed by atoms with E-state index in [-0.39, 0.29) is 11.9 Å². The maximum atomic E-state index is 12.5. The van der Waals surface area contributed by atoms with Gasteiger partial charge in [-0.05, 0) is 55.7 Å². The number of nitrogens with zero attached hydrogens (tertiary/aromatic N) is 2. The molecule has 2 aromatic carbocycles. The highest BCUT2D eigenvalue weighted by molar-refractivity contribution is 6.33. The van der Waals surface area contributed by atoms with Gasteiger partial charge in [0.25, 0.3) is 5.91 Å². The first-order chi connectivity index (χ1) is 13.0. The zero-order chi connectivity index (χ0) is 19.0. The van der Waals surface area contributed by atoms with Crippen molar-refractivity contribution in [2.45, 2.75) is 32.2 Å². The third kappa shape index (κ3) is 3.35. The fourth-order valence-corrected chi connectivity index (χ4v) is 4.06. The minimum Gasteiger partial charge on any atom is -0.381 e. The summed E-state index contributed by atoms with van der Waals surface area (Å²) in [6.45, 7) is 4.86. The van der Waals surface area contributed by atoms with Crippen LogP contribution < -0.4 is 10.6 Å². The molecule has 3 aromatic rings. The molecular formula is C21H21ClN4O. The fraction of sp³-hybridized carbons (Fsp3) is 0.286. The minimum atomic E-state index is -0.0933. The number of aromatic nitrogens is 2. The number of fused-ring (bicyclic) bond motifs is 2. The average molecular weight is 381 g/mol. The van der Waals surface area contributed by atoms with Gasteiger partial charge in [-0.15, -0.1) is 0 Å². The van der Waals surface area contributed by atoms with Crippen molar-refractivity contribution in [1.29, 1.82) is 0 Å². The third-order valence-electron chi connectivity index (χ3n) is 5.23. The molecule has 1 amide bonds. The van der Waals surface area contributed by atoms with Crippen molar-refractivity contribution in [2.24, 2.45) is 0 Å². The summed E-state index contributed by atoms with van der Waals surface area (Å²) in [5, 5.41) is 7.27. The Balaban J connectivity index is 1.44. The molecule has 2 heterocycles.